The Labute approximate surface area is 91.9 Å². The molecule has 0 atom stereocenters. The monoisotopic (exact) mass is 218 g/mol. The zero-order valence-electron chi connectivity index (χ0n) is 8.94. The molecule has 0 fully saturated rings. The van der Waals surface area contributed by atoms with Crippen molar-refractivity contribution in [1.82, 2.24) is 0 Å². The van der Waals surface area contributed by atoms with Gasteiger partial charge in [-0.2, -0.15) is 0 Å². The van der Waals surface area contributed by atoms with E-state index in [4.69, 9.17) is 8.83 Å². The highest BCUT2D eigenvalue weighted by Crippen LogP contribution is 2.13. The first-order valence-corrected chi connectivity index (χ1v) is 4.80. The van der Waals surface area contributed by atoms with Crippen LogP contribution in [-0.4, -0.2) is 11.6 Å². The maximum Gasteiger partial charge on any atom is 0.271 e. The number of aryl methyl sites for hydroxylation is 2. The molecule has 0 radical (unpaired) electrons. The van der Waals surface area contributed by atoms with Gasteiger partial charge < -0.3 is 8.83 Å². The summed E-state index contributed by atoms with van der Waals surface area (Å²) in [6.45, 7) is 3.41. The Hall–Kier alpha value is -2.10. The van der Waals surface area contributed by atoms with Gasteiger partial charge >= 0.3 is 0 Å². The molecule has 0 spiro atoms. The van der Waals surface area contributed by atoms with Crippen molar-refractivity contribution in [3.05, 3.63) is 47.3 Å². The highest BCUT2D eigenvalue weighted by molar-refractivity contribution is 6.47. The minimum atomic E-state index is -0.692. The minimum Gasteiger partial charge on any atom is -0.458 e. The molecule has 0 aliphatic rings. The minimum absolute atomic E-state index is 0.0385. The molecule has 0 amide bonds. The number of Topliss-reactive ketones (excluding diaryl/α,β-unsaturated/α-hetero) is 2. The van der Waals surface area contributed by atoms with Crippen molar-refractivity contribution in [1.29, 1.82) is 0 Å². The van der Waals surface area contributed by atoms with Crippen LogP contribution in [0.4, 0.5) is 0 Å². The van der Waals surface area contributed by atoms with Crippen LogP contribution in [0.2, 0.25) is 0 Å². The average Bonchev–Trinajstić information content (AvgIpc) is 2.85. The SMILES string of the molecule is Cc1ccc(C(=O)C(=O)c2ccc(C)o2)o1. The van der Waals surface area contributed by atoms with Gasteiger partial charge in [0.1, 0.15) is 11.5 Å². The molecule has 0 unspecified atom stereocenters. The molecule has 0 aromatic carbocycles. The van der Waals surface area contributed by atoms with Gasteiger partial charge in [0.25, 0.3) is 11.6 Å². The number of carbonyl (C=O) groups is 2. The van der Waals surface area contributed by atoms with Gasteiger partial charge in [-0.25, -0.2) is 0 Å². The van der Waals surface area contributed by atoms with E-state index in [1.165, 1.54) is 12.1 Å². The molecule has 0 saturated carbocycles. The van der Waals surface area contributed by atoms with Crippen LogP contribution < -0.4 is 0 Å². The number of ketones is 2. The van der Waals surface area contributed by atoms with E-state index in [1.54, 1.807) is 26.0 Å². The molecule has 0 aliphatic heterocycles. The fraction of sp³-hybridized carbons (Fsp3) is 0.167. The van der Waals surface area contributed by atoms with Crippen LogP contribution in [0.15, 0.2) is 33.1 Å². The van der Waals surface area contributed by atoms with Gasteiger partial charge in [0.2, 0.25) is 0 Å². The molecule has 2 aromatic rings. The summed E-state index contributed by atoms with van der Waals surface area (Å²) in [6.07, 6.45) is 0. The van der Waals surface area contributed by atoms with Crippen molar-refractivity contribution in [2.24, 2.45) is 0 Å². The van der Waals surface area contributed by atoms with E-state index in [9.17, 15) is 9.59 Å². The Morgan fingerprint density at radius 3 is 1.44 bits per heavy atom. The number of carbonyl (C=O) groups excluding carboxylic acids is 2. The molecular formula is C12H10O4. The lowest BCUT2D eigenvalue weighted by Crippen LogP contribution is -2.12. The van der Waals surface area contributed by atoms with E-state index >= 15 is 0 Å². The smallest absolute Gasteiger partial charge is 0.271 e. The zero-order valence-corrected chi connectivity index (χ0v) is 8.94. The van der Waals surface area contributed by atoms with Gasteiger partial charge in [0.05, 0.1) is 0 Å². The van der Waals surface area contributed by atoms with E-state index in [1.807, 2.05) is 0 Å². The topological polar surface area (TPSA) is 60.4 Å². The van der Waals surface area contributed by atoms with E-state index < -0.39 is 11.6 Å². The zero-order chi connectivity index (χ0) is 11.7. The first-order chi connectivity index (χ1) is 7.58. The molecule has 16 heavy (non-hydrogen) atoms. The van der Waals surface area contributed by atoms with Crippen LogP contribution in [0.25, 0.3) is 0 Å². The lowest BCUT2D eigenvalue weighted by molar-refractivity contribution is 0.0784. The Morgan fingerprint density at radius 2 is 1.19 bits per heavy atom. The summed E-state index contributed by atoms with van der Waals surface area (Å²) in [5.41, 5.74) is 0. The lowest BCUT2D eigenvalue weighted by Gasteiger charge is -1.93. The van der Waals surface area contributed by atoms with Gasteiger partial charge in [0.15, 0.2) is 11.5 Å². The highest BCUT2D eigenvalue weighted by Gasteiger charge is 2.23. The molecule has 0 saturated heterocycles. The summed E-state index contributed by atoms with van der Waals surface area (Å²) in [6, 6.07) is 6.22. The standard InChI is InChI=1S/C12H10O4/c1-7-3-5-9(15-7)11(13)12(14)10-6-4-8(2)16-10/h3-6H,1-2H3. The Morgan fingerprint density at radius 1 is 0.812 bits per heavy atom. The number of hydrogen-bond acceptors (Lipinski definition) is 4. The molecule has 2 aromatic heterocycles. The largest absolute Gasteiger partial charge is 0.458 e. The van der Waals surface area contributed by atoms with Crippen molar-refractivity contribution < 1.29 is 18.4 Å². The van der Waals surface area contributed by atoms with E-state index in [-0.39, 0.29) is 11.5 Å². The maximum atomic E-state index is 11.7. The normalized spacial score (nSPS) is 10.4. The van der Waals surface area contributed by atoms with Crippen LogP contribution in [0, 0.1) is 13.8 Å². The number of furan rings is 2. The molecule has 0 bridgehead atoms. The summed E-state index contributed by atoms with van der Waals surface area (Å²) in [5, 5.41) is 0. The van der Waals surface area contributed by atoms with Crippen LogP contribution in [0.3, 0.4) is 0 Å². The highest BCUT2D eigenvalue weighted by atomic mass is 16.4. The Bertz CT molecular complexity index is 495. The Balaban J connectivity index is 2.26. The third kappa shape index (κ3) is 1.82. The Kier molecular flexibility index (Phi) is 2.48. The van der Waals surface area contributed by atoms with E-state index in [2.05, 4.69) is 0 Å². The molecular weight excluding hydrogens is 208 g/mol. The fourth-order valence-electron chi connectivity index (χ4n) is 1.34. The summed E-state index contributed by atoms with van der Waals surface area (Å²) >= 11 is 0. The second kappa shape index (κ2) is 3.81. The fourth-order valence-corrected chi connectivity index (χ4v) is 1.34. The quantitative estimate of drug-likeness (QED) is 0.586. The molecule has 82 valence electrons. The third-order valence-corrected chi connectivity index (χ3v) is 2.13. The summed E-state index contributed by atoms with van der Waals surface area (Å²) < 4.78 is 10.2. The maximum absolute atomic E-state index is 11.7. The second-order valence-corrected chi connectivity index (χ2v) is 3.48. The van der Waals surface area contributed by atoms with Gasteiger partial charge in [-0.15, -0.1) is 0 Å². The summed E-state index contributed by atoms with van der Waals surface area (Å²) in [4.78, 5) is 23.3. The first-order valence-electron chi connectivity index (χ1n) is 4.80. The molecule has 2 heterocycles. The third-order valence-electron chi connectivity index (χ3n) is 2.13. The molecule has 4 heteroatoms. The van der Waals surface area contributed by atoms with E-state index in [0.29, 0.717) is 11.5 Å². The number of rotatable bonds is 3. The summed E-state index contributed by atoms with van der Waals surface area (Å²) in [5.74, 6) is -0.128. The molecule has 0 aliphatic carbocycles. The molecule has 0 N–H and O–H groups in total. The van der Waals surface area contributed by atoms with Crippen LogP contribution in [0.1, 0.15) is 32.6 Å². The van der Waals surface area contributed by atoms with Crippen molar-refractivity contribution in [2.45, 2.75) is 13.8 Å². The van der Waals surface area contributed by atoms with Crippen molar-refractivity contribution in [3.63, 3.8) is 0 Å². The van der Waals surface area contributed by atoms with Crippen molar-refractivity contribution in [3.8, 4) is 0 Å². The van der Waals surface area contributed by atoms with Gasteiger partial charge in [0, 0.05) is 0 Å². The summed E-state index contributed by atoms with van der Waals surface area (Å²) in [7, 11) is 0. The van der Waals surface area contributed by atoms with Crippen LogP contribution in [0.5, 0.6) is 0 Å². The van der Waals surface area contributed by atoms with Crippen molar-refractivity contribution in [2.75, 3.05) is 0 Å². The van der Waals surface area contributed by atoms with Crippen LogP contribution >= 0.6 is 0 Å². The molecule has 4 nitrogen and oxygen atoms in total. The second-order valence-electron chi connectivity index (χ2n) is 3.48. The van der Waals surface area contributed by atoms with Gasteiger partial charge in [-0.1, -0.05) is 0 Å². The number of hydrogen-bond donors (Lipinski definition) is 0. The molecule has 2 rings (SSSR count). The van der Waals surface area contributed by atoms with Crippen molar-refractivity contribution >= 4 is 11.6 Å². The lowest BCUT2D eigenvalue weighted by atomic mass is 10.2. The van der Waals surface area contributed by atoms with Gasteiger partial charge in [-0.05, 0) is 38.1 Å². The first kappa shape index (κ1) is 10.4. The van der Waals surface area contributed by atoms with Crippen LogP contribution in [-0.2, 0) is 0 Å². The van der Waals surface area contributed by atoms with Gasteiger partial charge in [-0.3, -0.25) is 9.59 Å². The predicted molar refractivity (Wildman–Crippen MR) is 55.6 cm³/mol. The van der Waals surface area contributed by atoms with E-state index in [0.717, 1.165) is 0 Å². The predicted octanol–water partition coefficient (Wildman–Crippen LogP) is 2.56. The average molecular weight is 218 g/mol.